The smallest absolute Gasteiger partial charge is 0.122 e. The number of fused-ring (bicyclic) bond motifs is 1. The average Bonchev–Trinajstić information content (AvgIpc) is 2.92. The van der Waals surface area contributed by atoms with Gasteiger partial charge in [-0.1, -0.05) is 35.0 Å². The van der Waals surface area contributed by atoms with Crippen LogP contribution in [0.4, 0.5) is 5.69 Å². The lowest BCUT2D eigenvalue weighted by molar-refractivity contribution is 0.357. The van der Waals surface area contributed by atoms with Crippen LogP contribution in [-0.2, 0) is 6.42 Å². The largest absolute Gasteiger partial charge is 0.493 e. The van der Waals surface area contributed by atoms with E-state index in [1.807, 2.05) is 0 Å². The van der Waals surface area contributed by atoms with Crippen molar-refractivity contribution in [3.05, 3.63) is 58.1 Å². The molecule has 0 amide bonds. The van der Waals surface area contributed by atoms with E-state index >= 15 is 0 Å². The van der Waals surface area contributed by atoms with Crippen molar-refractivity contribution in [1.29, 1.82) is 0 Å². The van der Waals surface area contributed by atoms with Crippen LogP contribution in [0.3, 0.4) is 0 Å². The molecular formula is C17H18BrNO. The third-order valence-electron chi connectivity index (χ3n) is 3.69. The summed E-state index contributed by atoms with van der Waals surface area (Å²) in [5, 5.41) is 3.63. The van der Waals surface area contributed by atoms with Crippen LogP contribution in [0.2, 0.25) is 0 Å². The molecule has 1 heterocycles. The summed E-state index contributed by atoms with van der Waals surface area (Å²) in [7, 11) is 0. The van der Waals surface area contributed by atoms with Gasteiger partial charge in [-0.15, -0.1) is 0 Å². The minimum absolute atomic E-state index is 0.327. The van der Waals surface area contributed by atoms with Gasteiger partial charge >= 0.3 is 0 Å². The molecule has 0 spiro atoms. The summed E-state index contributed by atoms with van der Waals surface area (Å²) in [5.41, 5.74) is 3.78. The van der Waals surface area contributed by atoms with Crippen LogP contribution in [0.5, 0.6) is 5.75 Å². The molecule has 1 aliphatic heterocycles. The molecule has 2 aromatic carbocycles. The van der Waals surface area contributed by atoms with E-state index in [2.05, 4.69) is 70.6 Å². The maximum Gasteiger partial charge on any atom is 0.122 e. The van der Waals surface area contributed by atoms with Crippen molar-refractivity contribution in [3.63, 3.8) is 0 Å². The molecule has 20 heavy (non-hydrogen) atoms. The third kappa shape index (κ3) is 2.83. The normalized spacial score (nSPS) is 14.5. The van der Waals surface area contributed by atoms with E-state index < -0.39 is 0 Å². The van der Waals surface area contributed by atoms with Crippen LogP contribution in [0, 0.1) is 0 Å². The molecule has 0 bridgehead atoms. The number of hydrogen-bond acceptors (Lipinski definition) is 2. The molecule has 0 saturated heterocycles. The zero-order valence-corrected chi connectivity index (χ0v) is 13.1. The molecule has 3 heteroatoms. The quantitative estimate of drug-likeness (QED) is 0.856. The van der Waals surface area contributed by atoms with Gasteiger partial charge < -0.3 is 10.1 Å². The van der Waals surface area contributed by atoms with Crippen LogP contribution in [0.25, 0.3) is 0 Å². The van der Waals surface area contributed by atoms with Crippen LogP contribution >= 0.6 is 15.9 Å². The lowest BCUT2D eigenvalue weighted by Crippen LogP contribution is -2.09. The van der Waals surface area contributed by atoms with Gasteiger partial charge in [0.25, 0.3) is 0 Å². The second kappa shape index (κ2) is 5.88. The van der Waals surface area contributed by atoms with Gasteiger partial charge in [-0.05, 0) is 47.9 Å². The van der Waals surface area contributed by atoms with Gasteiger partial charge in [-0.2, -0.15) is 0 Å². The predicted octanol–water partition coefficient (Wildman–Crippen LogP) is 4.95. The molecule has 0 aromatic heterocycles. The second-order valence-corrected chi connectivity index (χ2v) is 6.00. The van der Waals surface area contributed by atoms with E-state index in [-0.39, 0.29) is 0 Å². The van der Waals surface area contributed by atoms with E-state index in [9.17, 15) is 0 Å². The highest BCUT2D eigenvalue weighted by Crippen LogP contribution is 2.30. The minimum Gasteiger partial charge on any atom is -0.493 e. The number of halogens is 1. The summed E-state index contributed by atoms with van der Waals surface area (Å²) in [4.78, 5) is 0. The van der Waals surface area contributed by atoms with Crippen molar-refractivity contribution in [1.82, 2.24) is 0 Å². The van der Waals surface area contributed by atoms with E-state index in [4.69, 9.17) is 4.74 Å². The molecule has 0 fully saturated rings. The zero-order valence-electron chi connectivity index (χ0n) is 11.5. The molecule has 1 N–H and O–H groups in total. The van der Waals surface area contributed by atoms with Crippen molar-refractivity contribution < 1.29 is 4.74 Å². The molecule has 2 nitrogen and oxygen atoms in total. The van der Waals surface area contributed by atoms with Crippen LogP contribution in [0.1, 0.15) is 30.5 Å². The van der Waals surface area contributed by atoms with E-state index in [0.717, 1.165) is 29.7 Å². The number of hydrogen-bond donors (Lipinski definition) is 1. The summed E-state index contributed by atoms with van der Waals surface area (Å²) >= 11 is 3.54. The molecule has 2 aromatic rings. The van der Waals surface area contributed by atoms with Crippen molar-refractivity contribution in [2.75, 3.05) is 11.9 Å². The molecule has 0 saturated carbocycles. The second-order valence-electron chi connectivity index (χ2n) is 5.08. The number of nitrogens with one attached hydrogen (secondary N) is 1. The van der Waals surface area contributed by atoms with Crippen LogP contribution < -0.4 is 10.1 Å². The Balaban J connectivity index is 1.81. The van der Waals surface area contributed by atoms with Gasteiger partial charge in [-0.25, -0.2) is 0 Å². The summed E-state index contributed by atoms with van der Waals surface area (Å²) in [5.74, 6) is 1.03. The van der Waals surface area contributed by atoms with Gasteiger partial charge in [0.2, 0.25) is 0 Å². The highest BCUT2D eigenvalue weighted by atomic mass is 79.9. The maximum atomic E-state index is 5.55. The highest BCUT2D eigenvalue weighted by molar-refractivity contribution is 9.10. The first-order valence-electron chi connectivity index (χ1n) is 7.04. The lowest BCUT2D eigenvalue weighted by Gasteiger charge is -2.19. The zero-order chi connectivity index (χ0) is 13.9. The Morgan fingerprint density at radius 1 is 1.25 bits per heavy atom. The monoisotopic (exact) mass is 331 g/mol. The van der Waals surface area contributed by atoms with Crippen molar-refractivity contribution in [3.8, 4) is 5.75 Å². The van der Waals surface area contributed by atoms with Gasteiger partial charge in [0.15, 0.2) is 0 Å². The third-order valence-corrected chi connectivity index (χ3v) is 4.18. The lowest BCUT2D eigenvalue weighted by atomic mass is 10.0. The summed E-state index contributed by atoms with van der Waals surface area (Å²) in [6, 6.07) is 15.2. The number of benzene rings is 2. The fraction of sp³-hybridized carbons (Fsp3) is 0.294. The fourth-order valence-corrected chi connectivity index (χ4v) is 3.04. The van der Waals surface area contributed by atoms with Crippen LogP contribution in [-0.4, -0.2) is 6.61 Å². The fourth-order valence-electron chi connectivity index (χ4n) is 2.62. The topological polar surface area (TPSA) is 21.3 Å². The first kappa shape index (κ1) is 13.5. The summed E-state index contributed by atoms with van der Waals surface area (Å²) in [6.07, 6.45) is 2.06. The average molecular weight is 332 g/mol. The first-order chi connectivity index (χ1) is 9.76. The number of anilines is 1. The molecule has 3 rings (SSSR count). The van der Waals surface area contributed by atoms with Gasteiger partial charge in [0, 0.05) is 16.6 Å². The Bertz CT molecular complexity index is 612. The van der Waals surface area contributed by atoms with Gasteiger partial charge in [0.05, 0.1) is 12.6 Å². The van der Waals surface area contributed by atoms with E-state index in [0.29, 0.717) is 6.04 Å². The number of rotatable bonds is 4. The Labute approximate surface area is 128 Å². The number of ether oxygens (including phenoxy) is 1. The maximum absolute atomic E-state index is 5.55. The Morgan fingerprint density at radius 3 is 2.95 bits per heavy atom. The molecule has 104 valence electrons. The van der Waals surface area contributed by atoms with Crippen molar-refractivity contribution in [2.45, 2.75) is 25.8 Å². The van der Waals surface area contributed by atoms with Gasteiger partial charge in [-0.3, -0.25) is 0 Å². The van der Waals surface area contributed by atoms with Gasteiger partial charge in [0.1, 0.15) is 5.75 Å². The molecule has 1 unspecified atom stereocenters. The molecular weight excluding hydrogens is 314 g/mol. The standard InChI is InChI=1S/C17H18BrNO/c1-2-16(12-4-3-5-14(18)10-12)19-15-6-7-17-13(11-15)8-9-20-17/h3-7,10-11,16,19H,2,8-9H2,1H3. The summed E-state index contributed by atoms with van der Waals surface area (Å²) < 4.78 is 6.67. The van der Waals surface area contributed by atoms with E-state index in [1.165, 1.54) is 16.8 Å². The predicted molar refractivity (Wildman–Crippen MR) is 86.4 cm³/mol. The Kier molecular flexibility index (Phi) is 3.97. The SMILES string of the molecule is CCC(Nc1ccc2c(c1)CCO2)c1cccc(Br)c1. The Hall–Kier alpha value is -1.48. The summed E-state index contributed by atoms with van der Waals surface area (Å²) in [6.45, 7) is 3.01. The van der Waals surface area contributed by atoms with Crippen molar-refractivity contribution >= 4 is 21.6 Å². The highest BCUT2D eigenvalue weighted by Gasteiger charge is 2.14. The molecule has 0 radical (unpaired) electrons. The molecule has 1 aliphatic rings. The molecule has 1 atom stereocenters. The minimum atomic E-state index is 0.327. The van der Waals surface area contributed by atoms with E-state index in [1.54, 1.807) is 0 Å². The molecule has 0 aliphatic carbocycles. The van der Waals surface area contributed by atoms with Crippen LogP contribution in [0.15, 0.2) is 46.9 Å². The first-order valence-corrected chi connectivity index (χ1v) is 7.83. The van der Waals surface area contributed by atoms with Crippen molar-refractivity contribution in [2.24, 2.45) is 0 Å². The Morgan fingerprint density at radius 2 is 2.15 bits per heavy atom.